The van der Waals surface area contributed by atoms with Gasteiger partial charge in [-0.2, -0.15) is 0 Å². The van der Waals surface area contributed by atoms with E-state index in [1.807, 2.05) is 30.3 Å². The number of pyridine rings is 1. The van der Waals surface area contributed by atoms with Crippen molar-refractivity contribution in [1.82, 2.24) is 15.2 Å². The number of nitrogens with zero attached hydrogens (tertiary/aromatic N) is 2. The second-order valence-corrected chi connectivity index (χ2v) is 7.26. The molecule has 0 bridgehead atoms. The summed E-state index contributed by atoms with van der Waals surface area (Å²) in [7, 11) is 1.69. The number of thiocarbonyl (C=S) groups is 1. The molecule has 1 saturated heterocycles. The van der Waals surface area contributed by atoms with Gasteiger partial charge in [-0.1, -0.05) is 6.07 Å². The third-order valence-electron chi connectivity index (χ3n) is 4.99. The minimum Gasteiger partial charge on any atom is -0.459 e. The maximum Gasteiger partial charge on any atom is 0.170 e. The Morgan fingerprint density at radius 1 is 1.17 bits per heavy atom. The van der Waals surface area contributed by atoms with Gasteiger partial charge >= 0.3 is 0 Å². The number of hydrogen-bond donors (Lipinski definition) is 1. The van der Waals surface area contributed by atoms with E-state index in [4.69, 9.17) is 21.4 Å². The lowest BCUT2D eigenvalue weighted by atomic mass is 10.0. The summed E-state index contributed by atoms with van der Waals surface area (Å²) in [6.45, 7) is 1.39. The summed E-state index contributed by atoms with van der Waals surface area (Å²) in [5.74, 6) is 1.20. The Hall–Kier alpha value is -2.77. The first-order chi connectivity index (χ1) is 14.2. The second-order valence-electron chi connectivity index (χ2n) is 6.88. The first-order valence-electron chi connectivity index (χ1n) is 9.50. The van der Waals surface area contributed by atoms with Gasteiger partial charge in [0, 0.05) is 32.0 Å². The van der Waals surface area contributed by atoms with Crippen LogP contribution in [0.25, 0.3) is 11.3 Å². The summed E-state index contributed by atoms with van der Waals surface area (Å²) in [4.78, 5) is 6.65. The van der Waals surface area contributed by atoms with E-state index in [9.17, 15) is 4.39 Å². The Morgan fingerprint density at radius 2 is 2.00 bits per heavy atom. The molecule has 150 valence electrons. The topological polar surface area (TPSA) is 50.5 Å². The number of nitrogens with one attached hydrogen (secondary N) is 1. The molecule has 0 radical (unpaired) electrons. The fourth-order valence-electron chi connectivity index (χ4n) is 3.62. The van der Waals surface area contributed by atoms with E-state index >= 15 is 0 Å². The molecule has 1 aliphatic rings. The predicted molar refractivity (Wildman–Crippen MR) is 113 cm³/mol. The van der Waals surface area contributed by atoms with Gasteiger partial charge in [0.05, 0.1) is 11.7 Å². The summed E-state index contributed by atoms with van der Waals surface area (Å²) in [6.07, 6.45) is 2.62. The highest BCUT2D eigenvalue weighted by atomic mass is 32.1. The first-order valence-corrected chi connectivity index (χ1v) is 9.91. The lowest BCUT2D eigenvalue weighted by Gasteiger charge is -2.25. The highest BCUT2D eigenvalue weighted by Crippen LogP contribution is 2.40. The molecule has 1 fully saturated rings. The van der Waals surface area contributed by atoms with Crippen LogP contribution in [-0.2, 0) is 4.74 Å². The minimum atomic E-state index is -0.273. The summed E-state index contributed by atoms with van der Waals surface area (Å²) >= 11 is 5.62. The Bertz CT molecular complexity index is 962. The van der Waals surface area contributed by atoms with Crippen molar-refractivity contribution in [2.24, 2.45) is 0 Å². The molecular weight excluding hydrogens is 389 g/mol. The molecule has 0 unspecified atom stereocenters. The van der Waals surface area contributed by atoms with Crippen molar-refractivity contribution >= 4 is 17.3 Å². The van der Waals surface area contributed by atoms with E-state index < -0.39 is 0 Å². The highest BCUT2D eigenvalue weighted by molar-refractivity contribution is 7.80. The average Bonchev–Trinajstić information content (AvgIpc) is 3.34. The van der Waals surface area contributed by atoms with Crippen LogP contribution in [-0.4, -0.2) is 35.3 Å². The number of methoxy groups -OCH3 is 1. The molecule has 2 atom stereocenters. The number of halogens is 1. The maximum absolute atomic E-state index is 13.3. The van der Waals surface area contributed by atoms with Gasteiger partial charge in [-0.15, -0.1) is 0 Å². The number of hydrogen-bond acceptors (Lipinski definition) is 4. The van der Waals surface area contributed by atoms with E-state index in [0.29, 0.717) is 17.5 Å². The van der Waals surface area contributed by atoms with E-state index in [2.05, 4.69) is 15.2 Å². The number of ether oxygens (including phenoxy) is 1. The molecule has 1 aliphatic heterocycles. The van der Waals surface area contributed by atoms with Crippen molar-refractivity contribution in [3.63, 3.8) is 0 Å². The van der Waals surface area contributed by atoms with Crippen molar-refractivity contribution in [1.29, 1.82) is 0 Å². The van der Waals surface area contributed by atoms with Crippen molar-refractivity contribution in [3.05, 3.63) is 78.1 Å². The molecule has 29 heavy (non-hydrogen) atoms. The smallest absolute Gasteiger partial charge is 0.170 e. The van der Waals surface area contributed by atoms with Gasteiger partial charge in [0.1, 0.15) is 23.4 Å². The van der Waals surface area contributed by atoms with E-state index in [1.54, 1.807) is 25.4 Å². The third-order valence-corrected chi connectivity index (χ3v) is 5.34. The van der Waals surface area contributed by atoms with Crippen LogP contribution in [0.15, 0.2) is 65.2 Å². The molecule has 3 heterocycles. The number of benzene rings is 1. The minimum absolute atomic E-state index is 0.126. The largest absolute Gasteiger partial charge is 0.459 e. The summed E-state index contributed by atoms with van der Waals surface area (Å²) in [5.41, 5.74) is 1.72. The monoisotopic (exact) mass is 411 g/mol. The molecule has 1 N–H and O–H groups in total. The van der Waals surface area contributed by atoms with Gasteiger partial charge < -0.3 is 19.4 Å². The molecule has 0 spiro atoms. The molecule has 5 nitrogen and oxygen atoms in total. The molecule has 0 aliphatic carbocycles. The number of aromatic nitrogens is 1. The zero-order valence-corrected chi connectivity index (χ0v) is 16.9. The van der Waals surface area contributed by atoms with Crippen LogP contribution in [0.4, 0.5) is 4.39 Å². The van der Waals surface area contributed by atoms with Gasteiger partial charge in [0.15, 0.2) is 5.11 Å². The number of rotatable bonds is 7. The molecule has 4 rings (SSSR count). The van der Waals surface area contributed by atoms with Crippen molar-refractivity contribution in [3.8, 4) is 11.3 Å². The lowest BCUT2D eigenvalue weighted by molar-refractivity contribution is 0.177. The van der Waals surface area contributed by atoms with Crippen molar-refractivity contribution in [2.45, 2.75) is 18.5 Å². The van der Waals surface area contributed by atoms with E-state index in [-0.39, 0.29) is 17.9 Å². The molecule has 0 amide bonds. The summed E-state index contributed by atoms with van der Waals surface area (Å²) in [5, 5.41) is 4.06. The van der Waals surface area contributed by atoms with Gasteiger partial charge in [-0.25, -0.2) is 4.39 Å². The molecule has 3 aromatic rings. The quantitative estimate of drug-likeness (QED) is 0.457. The standard InChI is InChI=1S/C22H22FN3O2S/c1-27-14-4-13-26-21(20(25-22(26)29)17-5-2-3-12-24-17)19-11-10-18(28-19)15-6-8-16(23)9-7-15/h2-3,5-12,20-21H,4,13-14H2,1H3,(H,25,29)/t20-,21-/m0/s1. The molecular formula is C22H22FN3O2S. The molecule has 1 aromatic carbocycles. The Labute approximate surface area is 174 Å². The Morgan fingerprint density at radius 3 is 2.72 bits per heavy atom. The molecule has 0 saturated carbocycles. The van der Waals surface area contributed by atoms with Crippen molar-refractivity contribution in [2.75, 3.05) is 20.3 Å². The first kappa shape index (κ1) is 19.5. The maximum atomic E-state index is 13.3. The van der Waals surface area contributed by atoms with Gasteiger partial charge in [-0.05, 0) is 67.2 Å². The zero-order chi connectivity index (χ0) is 20.2. The van der Waals surface area contributed by atoms with E-state index in [1.165, 1.54) is 12.1 Å². The van der Waals surface area contributed by atoms with Gasteiger partial charge in [-0.3, -0.25) is 4.98 Å². The van der Waals surface area contributed by atoms with Crippen LogP contribution in [0.2, 0.25) is 0 Å². The zero-order valence-electron chi connectivity index (χ0n) is 16.0. The highest BCUT2D eigenvalue weighted by Gasteiger charge is 2.41. The van der Waals surface area contributed by atoms with Gasteiger partial charge in [0.2, 0.25) is 0 Å². The molecule has 2 aromatic heterocycles. The van der Waals surface area contributed by atoms with Crippen LogP contribution in [0.1, 0.15) is 30.0 Å². The SMILES string of the molecule is COCCCN1C(=S)N[C@@H](c2ccccn2)[C@@H]1c1ccc(-c2ccc(F)cc2)o1. The third kappa shape index (κ3) is 4.16. The normalized spacial score (nSPS) is 18.8. The molecule has 7 heteroatoms. The summed E-state index contributed by atoms with van der Waals surface area (Å²) < 4.78 is 24.7. The fraction of sp³-hybridized carbons (Fsp3) is 0.273. The lowest BCUT2D eigenvalue weighted by Crippen LogP contribution is -2.31. The van der Waals surface area contributed by atoms with Gasteiger partial charge in [0.25, 0.3) is 0 Å². The number of furan rings is 1. The fourth-order valence-corrected chi connectivity index (χ4v) is 3.95. The van der Waals surface area contributed by atoms with Crippen LogP contribution in [0.3, 0.4) is 0 Å². The van der Waals surface area contributed by atoms with Crippen molar-refractivity contribution < 1.29 is 13.5 Å². The van der Waals surface area contributed by atoms with Crippen LogP contribution >= 0.6 is 12.2 Å². The summed E-state index contributed by atoms with van der Waals surface area (Å²) in [6, 6.07) is 15.7. The predicted octanol–water partition coefficient (Wildman–Crippen LogP) is 4.49. The average molecular weight is 412 g/mol. The van der Waals surface area contributed by atoms with Crippen LogP contribution in [0.5, 0.6) is 0 Å². The van der Waals surface area contributed by atoms with Crippen LogP contribution in [0, 0.1) is 5.82 Å². The van der Waals surface area contributed by atoms with E-state index in [0.717, 1.165) is 30.0 Å². The second kappa shape index (κ2) is 8.71. The Balaban J connectivity index is 1.67. The van der Waals surface area contributed by atoms with Crippen LogP contribution < -0.4 is 5.32 Å². The Kier molecular flexibility index (Phi) is 5.87.